The van der Waals surface area contributed by atoms with Crippen LogP contribution in [0.2, 0.25) is 0 Å². The largest absolute Gasteiger partial charge is 0.418 e. The highest BCUT2D eigenvalue weighted by Crippen LogP contribution is 2.34. The molecule has 1 aliphatic rings. The number of alkyl halides is 3. The third kappa shape index (κ3) is 4.91. The normalized spacial score (nSPS) is 18.2. The Balaban J connectivity index is 1.77. The van der Waals surface area contributed by atoms with Gasteiger partial charge in [0.15, 0.2) is 0 Å². The maximum atomic E-state index is 12.8. The van der Waals surface area contributed by atoms with Crippen molar-refractivity contribution >= 4 is 11.7 Å². The topological polar surface area (TPSA) is 50.4 Å². The second-order valence-electron chi connectivity index (χ2n) is 5.30. The Labute approximate surface area is 127 Å². The van der Waals surface area contributed by atoms with Gasteiger partial charge in [0.1, 0.15) is 0 Å². The lowest BCUT2D eigenvalue weighted by molar-refractivity contribution is -0.136. The molecule has 1 heterocycles. The fraction of sp³-hybridized carbons (Fsp3) is 0.533. The highest BCUT2D eigenvalue weighted by Gasteiger charge is 2.33. The van der Waals surface area contributed by atoms with Crippen LogP contribution in [0.5, 0.6) is 0 Å². The van der Waals surface area contributed by atoms with E-state index in [4.69, 9.17) is 4.74 Å². The van der Waals surface area contributed by atoms with Crippen LogP contribution in [0, 0.1) is 5.92 Å². The second kappa shape index (κ2) is 7.49. The number of carbonyl (C=O) groups excluding carboxylic acids is 1. The molecule has 2 rings (SSSR count). The number of benzene rings is 1. The first-order valence-corrected chi connectivity index (χ1v) is 7.25. The lowest BCUT2D eigenvalue weighted by Gasteiger charge is -2.14. The van der Waals surface area contributed by atoms with E-state index in [0.29, 0.717) is 12.5 Å². The number of anilines is 1. The van der Waals surface area contributed by atoms with Gasteiger partial charge in [-0.15, -0.1) is 0 Å². The number of amides is 2. The molecule has 4 nitrogen and oxygen atoms in total. The van der Waals surface area contributed by atoms with E-state index in [0.717, 1.165) is 38.5 Å². The van der Waals surface area contributed by atoms with E-state index in [2.05, 4.69) is 10.6 Å². The Bertz CT molecular complexity index is 500. The number of para-hydroxylation sites is 1. The number of hydrogen-bond acceptors (Lipinski definition) is 2. The summed E-state index contributed by atoms with van der Waals surface area (Å²) in [7, 11) is 0. The average Bonchev–Trinajstić information content (AvgIpc) is 2.96. The number of hydrogen-bond donors (Lipinski definition) is 2. The van der Waals surface area contributed by atoms with Gasteiger partial charge < -0.3 is 15.4 Å². The minimum absolute atomic E-state index is 0.239. The molecule has 1 saturated heterocycles. The van der Waals surface area contributed by atoms with Crippen molar-refractivity contribution in [3.05, 3.63) is 29.8 Å². The molecular formula is C15H19F3N2O2. The van der Waals surface area contributed by atoms with Gasteiger partial charge in [0.05, 0.1) is 11.3 Å². The van der Waals surface area contributed by atoms with E-state index in [-0.39, 0.29) is 5.69 Å². The number of carbonyl (C=O) groups is 1. The summed E-state index contributed by atoms with van der Waals surface area (Å²) in [6, 6.07) is 4.29. The summed E-state index contributed by atoms with van der Waals surface area (Å²) in [6.07, 6.45) is -1.74. The van der Waals surface area contributed by atoms with Gasteiger partial charge in [-0.3, -0.25) is 0 Å². The molecule has 0 aliphatic carbocycles. The van der Waals surface area contributed by atoms with Gasteiger partial charge in [-0.25, -0.2) is 4.79 Å². The molecule has 122 valence electrons. The van der Waals surface area contributed by atoms with Crippen LogP contribution in [0.15, 0.2) is 24.3 Å². The third-order valence-electron chi connectivity index (χ3n) is 3.58. The van der Waals surface area contributed by atoms with Crippen molar-refractivity contribution < 1.29 is 22.7 Å². The number of halogens is 3. The molecule has 0 radical (unpaired) electrons. The highest BCUT2D eigenvalue weighted by atomic mass is 19.4. The zero-order chi connectivity index (χ0) is 16.0. The standard InChI is InChI=1S/C15H19F3N2O2/c16-15(17,18)12-5-1-2-6-13(12)20-14(21)19-8-3-4-11-7-9-22-10-11/h1-2,5-6,11H,3-4,7-10H2,(H2,19,20,21). The Morgan fingerprint density at radius 3 is 2.77 bits per heavy atom. The van der Waals surface area contributed by atoms with E-state index in [1.807, 2.05) is 0 Å². The van der Waals surface area contributed by atoms with E-state index in [1.54, 1.807) is 0 Å². The summed E-state index contributed by atoms with van der Waals surface area (Å²) < 4.78 is 43.6. The summed E-state index contributed by atoms with van der Waals surface area (Å²) in [5.41, 5.74) is -1.09. The zero-order valence-electron chi connectivity index (χ0n) is 12.1. The molecule has 1 fully saturated rings. The van der Waals surface area contributed by atoms with Crippen LogP contribution in [-0.2, 0) is 10.9 Å². The molecule has 2 N–H and O–H groups in total. The quantitative estimate of drug-likeness (QED) is 0.815. The van der Waals surface area contributed by atoms with Crippen molar-refractivity contribution in [2.45, 2.75) is 25.4 Å². The molecule has 1 atom stereocenters. The van der Waals surface area contributed by atoms with Crippen LogP contribution >= 0.6 is 0 Å². The van der Waals surface area contributed by atoms with Crippen molar-refractivity contribution in [3.63, 3.8) is 0 Å². The number of nitrogens with one attached hydrogen (secondary N) is 2. The number of urea groups is 1. The van der Waals surface area contributed by atoms with Crippen LogP contribution in [-0.4, -0.2) is 25.8 Å². The van der Waals surface area contributed by atoms with Gasteiger partial charge in [-0.05, 0) is 37.3 Å². The fourth-order valence-corrected chi connectivity index (χ4v) is 2.41. The maximum Gasteiger partial charge on any atom is 0.418 e. The molecule has 1 aromatic carbocycles. The van der Waals surface area contributed by atoms with Crippen molar-refractivity contribution in [1.82, 2.24) is 5.32 Å². The summed E-state index contributed by atoms with van der Waals surface area (Å²) in [5.74, 6) is 0.524. The minimum atomic E-state index is -4.49. The predicted molar refractivity (Wildman–Crippen MR) is 76.6 cm³/mol. The summed E-state index contributed by atoms with van der Waals surface area (Å²) in [5, 5.41) is 4.83. The molecule has 2 amide bonds. The Morgan fingerprint density at radius 1 is 1.32 bits per heavy atom. The van der Waals surface area contributed by atoms with Crippen LogP contribution in [0.1, 0.15) is 24.8 Å². The minimum Gasteiger partial charge on any atom is -0.381 e. The monoisotopic (exact) mass is 316 g/mol. The van der Waals surface area contributed by atoms with E-state index in [1.165, 1.54) is 18.2 Å². The summed E-state index contributed by atoms with van der Waals surface area (Å²) >= 11 is 0. The smallest absolute Gasteiger partial charge is 0.381 e. The van der Waals surface area contributed by atoms with Gasteiger partial charge in [0.2, 0.25) is 0 Å². The van der Waals surface area contributed by atoms with Gasteiger partial charge >= 0.3 is 12.2 Å². The molecule has 0 spiro atoms. The van der Waals surface area contributed by atoms with Crippen molar-refractivity contribution in [3.8, 4) is 0 Å². The third-order valence-corrected chi connectivity index (χ3v) is 3.58. The lowest BCUT2D eigenvalue weighted by atomic mass is 10.0. The highest BCUT2D eigenvalue weighted by molar-refractivity contribution is 5.90. The van der Waals surface area contributed by atoms with Gasteiger partial charge in [-0.2, -0.15) is 13.2 Å². The predicted octanol–water partition coefficient (Wildman–Crippen LogP) is 3.64. The second-order valence-corrected chi connectivity index (χ2v) is 5.30. The Kier molecular flexibility index (Phi) is 5.65. The van der Waals surface area contributed by atoms with Crippen LogP contribution < -0.4 is 10.6 Å². The van der Waals surface area contributed by atoms with Crippen molar-refractivity contribution in [2.24, 2.45) is 5.92 Å². The number of rotatable bonds is 5. The molecule has 0 saturated carbocycles. The maximum absolute atomic E-state index is 12.8. The SMILES string of the molecule is O=C(NCCCC1CCOC1)Nc1ccccc1C(F)(F)F. The first-order valence-electron chi connectivity index (χ1n) is 7.25. The first-order chi connectivity index (χ1) is 10.5. The first kappa shape index (κ1) is 16.6. The van der Waals surface area contributed by atoms with Crippen LogP contribution in [0.4, 0.5) is 23.7 Å². The Morgan fingerprint density at radius 2 is 2.09 bits per heavy atom. The molecule has 22 heavy (non-hydrogen) atoms. The molecule has 1 unspecified atom stereocenters. The molecule has 0 bridgehead atoms. The summed E-state index contributed by atoms with van der Waals surface area (Å²) in [6.45, 7) is 1.97. The van der Waals surface area contributed by atoms with Crippen molar-refractivity contribution in [2.75, 3.05) is 25.1 Å². The number of ether oxygens (including phenoxy) is 1. The van der Waals surface area contributed by atoms with Gasteiger partial charge in [0, 0.05) is 19.8 Å². The zero-order valence-corrected chi connectivity index (χ0v) is 12.1. The van der Waals surface area contributed by atoms with Crippen LogP contribution in [0.3, 0.4) is 0 Å². The molecule has 1 aliphatic heterocycles. The molecule has 7 heteroatoms. The van der Waals surface area contributed by atoms with Crippen molar-refractivity contribution in [1.29, 1.82) is 0 Å². The molecule has 0 aromatic heterocycles. The lowest BCUT2D eigenvalue weighted by Crippen LogP contribution is -2.30. The van der Waals surface area contributed by atoms with Gasteiger partial charge in [0.25, 0.3) is 0 Å². The Hall–Kier alpha value is -1.76. The molecular weight excluding hydrogens is 297 g/mol. The van der Waals surface area contributed by atoms with E-state index < -0.39 is 17.8 Å². The van der Waals surface area contributed by atoms with Crippen LogP contribution in [0.25, 0.3) is 0 Å². The average molecular weight is 316 g/mol. The van der Waals surface area contributed by atoms with Gasteiger partial charge in [-0.1, -0.05) is 12.1 Å². The fourth-order valence-electron chi connectivity index (χ4n) is 2.41. The molecule has 1 aromatic rings. The summed E-state index contributed by atoms with van der Waals surface area (Å²) in [4.78, 5) is 11.7. The van der Waals surface area contributed by atoms with E-state index >= 15 is 0 Å². The van der Waals surface area contributed by atoms with E-state index in [9.17, 15) is 18.0 Å².